The lowest BCUT2D eigenvalue weighted by molar-refractivity contribution is -0.129. The zero-order chi connectivity index (χ0) is 18.9. The summed E-state index contributed by atoms with van der Waals surface area (Å²) in [5.74, 6) is 0.648. The van der Waals surface area contributed by atoms with E-state index in [-0.39, 0.29) is 5.91 Å². The molecular formula is C20H24N6O. The van der Waals surface area contributed by atoms with E-state index in [1.807, 2.05) is 37.4 Å². The van der Waals surface area contributed by atoms with Crippen molar-refractivity contribution >= 4 is 11.9 Å². The third-order valence-electron chi connectivity index (χ3n) is 4.25. The fraction of sp³-hybridized carbons (Fsp3) is 0.300. The molecule has 0 aliphatic rings. The number of H-pyrrole nitrogens is 1. The summed E-state index contributed by atoms with van der Waals surface area (Å²) in [6.45, 7) is 1.23. The summed E-state index contributed by atoms with van der Waals surface area (Å²) in [5.41, 5.74) is 3.13. The first-order valence-corrected chi connectivity index (χ1v) is 9.07. The summed E-state index contributed by atoms with van der Waals surface area (Å²) in [6, 6.07) is 13.9. The van der Waals surface area contributed by atoms with Crippen LogP contribution in [0, 0.1) is 0 Å². The number of rotatable bonds is 9. The highest BCUT2D eigenvalue weighted by Crippen LogP contribution is 2.17. The molecule has 2 N–H and O–H groups in total. The van der Waals surface area contributed by atoms with E-state index in [4.69, 9.17) is 0 Å². The van der Waals surface area contributed by atoms with Crippen molar-refractivity contribution in [1.29, 1.82) is 0 Å². The van der Waals surface area contributed by atoms with E-state index in [0.717, 1.165) is 29.8 Å². The zero-order valence-electron chi connectivity index (χ0n) is 15.4. The zero-order valence-corrected chi connectivity index (χ0v) is 15.4. The third kappa shape index (κ3) is 5.64. The average molecular weight is 364 g/mol. The summed E-state index contributed by atoms with van der Waals surface area (Å²) < 4.78 is 0. The van der Waals surface area contributed by atoms with Crippen LogP contribution in [0.1, 0.15) is 18.5 Å². The second kappa shape index (κ2) is 9.47. The van der Waals surface area contributed by atoms with Crippen molar-refractivity contribution in [2.24, 2.45) is 0 Å². The number of nitrogens with one attached hydrogen (secondary N) is 2. The van der Waals surface area contributed by atoms with Crippen molar-refractivity contribution < 1.29 is 4.79 Å². The monoisotopic (exact) mass is 364 g/mol. The number of carbonyl (C=O) groups is 1. The van der Waals surface area contributed by atoms with Gasteiger partial charge in [0.1, 0.15) is 0 Å². The van der Waals surface area contributed by atoms with Gasteiger partial charge in [-0.05, 0) is 25.0 Å². The molecule has 0 radical (unpaired) electrons. The van der Waals surface area contributed by atoms with Gasteiger partial charge in [0.05, 0.1) is 5.69 Å². The normalized spacial score (nSPS) is 10.6. The number of hydrogen-bond acceptors (Lipinski definition) is 5. The van der Waals surface area contributed by atoms with Crippen LogP contribution in [-0.4, -0.2) is 51.1 Å². The minimum absolute atomic E-state index is 0.105. The van der Waals surface area contributed by atoms with E-state index < -0.39 is 0 Å². The van der Waals surface area contributed by atoms with Crippen LogP contribution in [-0.2, 0) is 11.2 Å². The molecule has 140 valence electrons. The Kier molecular flexibility index (Phi) is 6.51. The van der Waals surface area contributed by atoms with E-state index in [0.29, 0.717) is 25.5 Å². The van der Waals surface area contributed by atoms with E-state index in [2.05, 4.69) is 31.5 Å². The predicted octanol–water partition coefficient (Wildman–Crippen LogP) is 2.76. The number of carbonyl (C=O) groups excluding carboxylic acids is 1. The van der Waals surface area contributed by atoms with E-state index in [1.54, 1.807) is 23.4 Å². The maximum Gasteiger partial charge on any atom is 0.224 e. The molecule has 1 aromatic carbocycles. The third-order valence-corrected chi connectivity index (χ3v) is 4.25. The quantitative estimate of drug-likeness (QED) is 0.610. The molecule has 7 nitrogen and oxygen atoms in total. The molecule has 0 unspecified atom stereocenters. The van der Waals surface area contributed by atoms with Gasteiger partial charge in [0.25, 0.3) is 0 Å². The van der Waals surface area contributed by atoms with Crippen LogP contribution in [0.5, 0.6) is 0 Å². The number of aromatic amines is 1. The molecule has 0 saturated carbocycles. The highest BCUT2D eigenvalue weighted by atomic mass is 16.2. The Labute approximate surface area is 158 Å². The summed E-state index contributed by atoms with van der Waals surface area (Å²) in [6.07, 6.45) is 5.49. The number of aryl methyl sites for hydroxylation is 1. The molecule has 1 amide bonds. The minimum Gasteiger partial charge on any atom is -0.354 e. The second-order valence-electron chi connectivity index (χ2n) is 6.31. The summed E-state index contributed by atoms with van der Waals surface area (Å²) >= 11 is 0. The van der Waals surface area contributed by atoms with Crippen LogP contribution in [0.3, 0.4) is 0 Å². The molecule has 2 heterocycles. The number of hydrogen-bond donors (Lipinski definition) is 2. The molecule has 0 spiro atoms. The Morgan fingerprint density at radius 2 is 1.93 bits per heavy atom. The second-order valence-corrected chi connectivity index (χ2v) is 6.31. The lowest BCUT2D eigenvalue weighted by Gasteiger charge is -2.17. The SMILES string of the molecule is CN(CCCc1cc(-c2ccccc2)n[nH]1)C(=O)CCNc1ncccn1. The molecule has 3 rings (SSSR count). The van der Waals surface area contributed by atoms with Gasteiger partial charge in [-0.25, -0.2) is 9.97 Å². The first-order valence-electron chi connectivity index (χ1n) is 9.07. The Morgan fingerprint density at radius 3 is 2.70 bits per heavy atom. The van der Waals surface area contributed by atoms with Crippen molar-refractivity contribution in [1.82, 2.24) is 25.1 Å². The van der Waals surface area contributed by atoms with Gasteiger partial charge in [0.2, 0.25) is 11.9 Å². The highest BCUT2D eigenvalue weighted by Gasteiger charge is 2.09. The summed E-state index contributed by atoms with van der Waals surface area (Å²) in [5, 5.41) is 10.5. The lowest BCUT2D eigenvalue weighted by Crippen LogP contribution is -2.29. The van der Waals surface area contributed by atoms with Gasteiger partial charge in [0.15, 0.2) is 0 Å². The molecule has 27 heavy (non-hydrogen) atoms. The molecule has 3 aromatic rings. The fourth-order valence-electron chi connectivity index (χ4n) is 2.74. The number of anilines is 1. The number of benzene rings is 1. The Balaban J connectivity index is 1.37. The van der Waals surface area contributed by atoms with Gasteiger partial charge in [-0.3, -0.25) is 9.89 Å². The average Bonchev–Trinajstić information content (AvgIpc) is 3.18. The predicted molar refractivity (Wildman–Crippen MR) is 105 cm³/mol. The van der Waals surface area contributed by atoms with Crippen molar-refractivity contribution in [3.05, 3.63) is 60.6 Å². The molecule has 7 heteroatoms. The number of aromatic nitrogens is 4. The number of amides is 1. The molecule has 0 fully saturated rings. The minimum atomic E-state index is 0.105. The first kappa shape index (κ1) is 18.6. The van der Waals surface area contributed by atoms with E-state index in [9.17, 15) is 4.79 Å². The molecule has 0 aliphatic heterocycles. The Bertz CT molecular complexity index is 834. The maximum absolute atomic E-state index is 12.2. The van der Waals surface area contributed by atoms with Crippen LogP contribution in [0.2, 0.25) is 0 Å². The summed E-state index contributed by atoms with van der Waals surface area (Å²) in [7, 11) is 1.84. The Hall–Kier alpha value is -3.22. The molecule has 0 bridgehead atoms. The van der Waals surface area contributed by atoms with Crippen molar-refractivity contribution in [2.75, 3.05) is 25.5 Å². The lowest BCUT2D eigenvalue weighted by atomic mass is 10.1. The molecule has 0 saturated heterocycles. The van der Waals surface area contributed by atoms with E-state index >= 15 is 0 Å². The number of nitrogens with zero attached hydrogens (tertiary/aromatic N) is 4. The summed E-state index contributed by atoms with van der Waals surface area (Å²) in [4.78, 5) is 22.1. The van der Waals surface area contributed by atoms with Gasteiger partial charge in [-0.15, -0.1) is 0 Å². The largest absolute Gasteiger partial charge is 0.354 e. The highest BCUT2D eigenvalue weighted by molar-refractivity contribution is 5.76. The smallest absolute Gasteiger partial charge is 0.224 e. The standard InChI is InChI=1S/C20H24N6O/c1-26(19(27)10-13-23-20-21-11-6-12-22-20)14-5-9-17-15-18(25-24-17)16-7-3-2-4-8-16/h2-4,6-8,11-12,15H,5,9-10,13-14H2,1H3,(H,24,25)(H,21,22,23). The van der Waals surface area contributed by atoms with Crippen molar-refractivity contribution in [3.8, 4) is 11.3 Å². The molecule has 0 atom stereocenters. The van der Waals surface area contributed by atoms with Crippen LogP contribution >= 0.6 is 0 Å². The van der Waals surface area contributed by atoms with Gasteiger partial charge < -0.3 is 10.2 Å². The van der Waals surface area contributed by atoms with Gasteiger partial charge in [0, 0.05) is 50.2 Å². The van der Waals surface area contributed by atoms with Crippen molar-refractivity contribution in [3.63, 3.8) is 0 Å². The van der Waals surface area contributed by atoms with Crippen LogP contribution in [0.4, 0.5) is 5.95 Å². The van der Waals surface area contributed by atoms with Crippen molar-refractivity contribution in [2.45, 2.75) is 19.3 Å². The van der Waals surface area contributed by atoms with E-state index in [1.165, 1.54) is 0 Å². The molecule has 0 aliphatic carbocycles. The molecule has 2 aromatic heterocycles. The molecular weight excluding hydrogens is 340 g/mol. The van der Waals surface area contributed by atoms with Gasteiger partial charge >= 0.3 is 0 Å². The van der Waals surface area contributed by atoms with Gasteiger partial charge in [-0.2, -0.15) is 5.10 Å². The topological polar surface area (TPSA) is 86.8 Å². The van der Waals surface area contributed by atoms with Crippen LogP contribution < -0.4 is 5.32 Å². The Morgan fingerprint density at radius 1 is 1.15 bits per heavy atom. The first-order chi connectivity index (χ1) is 13.2. The van der Waals surface area contributed by atoms with Crippen LogP contribution in [0.15, 0.2) is 54.9 Å². The van der Waals surface area contributed by atoms with Gasteiger partial charge in [-0.1, -0.05) is 30.3 Å². The fourth-order valence-corrected chi connectivity index (χ4v) is 2.74. The van der Waals surface area contributed by atoms with Crippen LogP contribution in [0.25, 0.3) is 11.3 Å². The maximum atomic E-state index is 12.2.